The first-order valence-corrected chi connectivity index (χ1v) is 10.3. The average molecular weight is 445 g/mol. The highest BCUT2D eigenvalue weighted by Crippen LogP contribution is 2.38. The maximum atomic E-state index is 13.5. The van der Waals surface area contributed by atoms with Crippen molar-refractivity contribution in [3.63, 3.8) is 0 Å². The summed E-state index contributed by atoms with van der Waals surface area (Å²) in [5, 5.41) is 9.88. The number of fused-ring (bicyclic) bond motifs is 1. The number of aliphatic carboxylic acids is 1. The summed E-state index contributed by atoms with van der Waals surface area (Å²) in [6.45, 7) is 1.93. The Morgan fingerprint density at radius 1 is 1.22 bits per heavy atom. The van der Waals surface area contributed by atoms with E-state index in [2.05, 4.69) is 4.98 Å². The van der Waals surface area contributed by atoms with E-state index in [1.165, 1.54) is 16.8 Å². The number of pyridine rings is 1. The number of carboxylic acid groups (broad SMARTS) is 1. The third-order valence-electron chi connectivity index (χ3n) is 5.69. The SMILES string of the molecule is CCN(Cc1cc(C(F)(F)F)ccc1-c1cn(CC(=O)O)c2ccncc12)C(=O)C1CC1. The fourth-order valence-electron chi connectivity index (χ4n) is 3.93. The molecule has 6 nitrogen and oxygen atoms in total. The van der Waals surface area contributed by atoms with Crippen molar-refractivity contribution in [1.29, 1.82) is 0 Å². The summed E-state index contributed by atoms with van der Waals surface area (Å²) in [6, 6.07) is 5.14. The molecule has 0 saturated heterocycles. The Balaban J connectivity index is 1.85. The Hall–Kier alpha value is -3.36. The van der Waals surface area contributed by atoms with Gasteiger partial charge < -0.3 is 14.6 Å². The minimum absolute atomic E-state index is 0.0386. The summed E-state index contributed by atoms with van der Waals surface area (Å²) in [5.41, 5.74) is 1.27. The van der Waals surface area contributed by atoms with Crippen LogP contribution in [-0.2, 0) is 28.9 Å². The molecule has 1 fully saturated rings. The number of hydrogen-bond acceptors (Lipinski definition) is 3. The molecular weight excluding hydrogens is 423 g/mol. The van der Waals surface area contributed by atoms with Gasteiger partial charge in [0, 0.05) is 48.5 Å². The number of amides is 1. The van der Waals surface area contributed by atoms with Crippen LogP contribution < -0.4 is 0 Å². The number of aromatic nitrogens is 2. The normalized spacial score (nSPS) is 14.0. The first-order valence-electron chi connectivity index (χ1n) is 10.3. The molecule has 1 aromatic carbocycles. The van der Waals surface area contributed by atoms with E-state index < -0.39 is 17.7 Å². The lowest BCUT2D eigenvalue weighted by atomic mass is 9.96. The van der Waals surface area contributed by atoms with Crippen LogP contribution >= 0.6 is 0 Å². The number of hydrogen-bond donors (Lipinski definition) is 1. The highest BCUT2D eigenvalue weighted by atomic mass is 19.4. The third kappa shape index (κ3) is 4.32. The van der Waals surface area contributed by atoms with E-state index in [4.69, 9.17) is 0 Å². The standard InChI is InChI=1S/C23H22F3N3O3/c1-2-28(22(32)14-3-4-14)11-15-9-16(23(24,25)26)5-6-17(15)19-12-29(13-21(30)31)20-7-8-27-10-18(19)20/h5-10,12,14H,2-4,11,13H2,1H3,(H,30,31). The monoisotopic (exact) mass is 445 g/mol. The molecule has 32 heavy (non-hydrogen) atoms. The molecule has 0 bridgehead atoms. The molecule has 1 amide bonds. The van der Waals surface area contributed by atoms with Gasteiger partial charge in [0.25, 0.3) is 0 Å². The molecule has 2 heterocycles. The van der Waals surface area contributed by atoms with E-state index in [1.807, 2.05) is 0 Å². The minimum atomic E-state index is -4.52. The van der Waals surface area contributed by atoms with Crippen LogP contribution in [-0.4, -0.2) is 38.0 Å². The number of alkyl halides is 3. The van der Waals surface area contributed by atoms with Crippen LogP contribution in [0.2, 0.25) is 0 Å². The molecule has 1 aliphatic carbocycles. The Morgan fingerprint density at radius 2 is 1.97 bits per heavy atom. The summed E-state index contributed by atoms with van der Waals surface area (Å²) in [7, 11) is 0. The van der Waals surface area contributed by atoms with Crippen LogP contribution in [0.3, 0.4) is 0 Å². The molecular formula is C23H22F3N3O3. The lowest BCUT2D eigenvalue weighted by molar-refractivity contribution is -0.138. The van der Waals surface area contributed by atoms with Crippen molar-refractivity contribution in [2.24, 2.45) is 5.92 Å². The van der Waals surface area contributed by atoms with Gasteiger partial charge in [-0.05, 0) is 49.1 Å². The van der Waals surface area contributed by atoms with Gasteiger partial charge in [0.1, 0.15) is 6.54 Å². The highest BCUT2D eigenvalue weighted by Gasteiger charge is 2.34. The van der Waals surface area contributed by atoms with Gasteiger partial charge >= 0.3 is 12.1 Å². The van der Waals surface area contributed by atoms with Crippen LogP contribution in [0.5, 0.6) is 0 Å². The number of carbonyl (C=O) groups is 2. The van der Waals surface area contributed by atoms with E-state index >= 15 is 0 Å². The van der Waals surface area contributed by atoms with E-state index in [9.17, 15) is 27.9 Å². The molecule has 0 unspecified atom stereocenters. The van der Waals surface area contributed by atoms with Gasteiger partial charge in [-0.3, -0.25) is 14.6 Å². The molecule has 4 rings (SSSR count). The van der Waals surface area contributed by atoms with Crippen molar-refractivity contribution in [3.05, 3.63) is 54.0 Å². The molecule has 1 aliphatic rings. The molecule has 9 heteroatoms. The molecule has 2 aromatic heterocycles. The molecule has 0 radical (unpaired) electrons. The minimum Gasteiger partial charge on any atom is -0.480 e. The van der Waals surface area contributed by atoms with Crippen LogP contribution in [0, 0.1) is 5.92 Å². The van der Waals surface area contributed by atoms with Gasteiger partial charge in [0.15, 0.2) is 0 Å². The summed E-state index contributed by atoms with van der Waals surface area (Å²) >= 11 is 0. The second-order valence-electron chi connectivity index (χ2n) is 7.95. The van der Waals surface area contributed by atoms with Gasteiger partial charge in [-0.1, -0.05) is 6.07 Å². The zero-order valence-corrected chi connectivity index (χ0v) is 17.4. The van der Waals surface area contributed by atoms with Crippen LogP contribution in [0.25, 0.3) is 22.0 Å². The number of nitrogens with zero attached hydrogens (tertiary/aromatic N) is 3. The Labute approximate surface area is 182 Å². The number of rotatable bonds is 7. The Bertz CT molecular complexity index is 1180. The van der Waals surface area contributed by atoms with Gasteiger partial charge in [-0.2, -0.15) is 13.2 Å². The number of benzene rings is 1. The maximum Gasteiger partial charge on any atom is 0.416 e. The van der Waals surface area contributed by atoms with Gasteiger partial charge in [0.05, 0.1) is 11.1 Å². The fourth-order valence-corrected chi connectivity index (χ4v) is 3.93. The third-order valence-corrected chi connectivity index (χ3v) is 5.69. The number of halogens is 3. The smallest absolute Gasteiger partial charge is 0.416 e. The van der Waals surface area contributed by atoms with Crippen molar-refractivity contribution in [2.75, 3.05) is 6.54 Å². The quantitative estimate of drug-likeness (QED) is 0.578. The predicted molar refractivity (Wildman–Crippen MR) is 112 cm³/mol. The molecule has 0 aliphatic heterocycles. The second kappa shape index (κ2) is 8.29. The fraction of sp³-hybridized carbons (Fsp3) is 0.348. The van der Waals surface area contributed by atoms with E-state index in [1.54, 1.807) is 30.3 Å². The van der Waals surface area contributed by atoms with Gasteiger partial charge in [0.2, 0.25) is 5.91 Å². The summed E-state index contributed by atoms with van der Waals surface area (Å²) in [5.74, 6) is -1.14. The maximum absolute atomic E-state index is 13.5. The Morgan fingerprint density at radius 3 is 2.59 bits per heavy atom. The topological polar surface area (TPSA) is 75.4 Å². The number of carboxylic acids is 1. The van der Waals surface area contributed by atoms with Gasteiger partial charge in [-0.15, -0.1) is 0 Å². The summed E-state index contributed by atoms with van der Waals surface area (Å²) < 4.78 is 41.9. The van der Waals surface area contributed by atoms with Crippen molar-refractivity contribution in [2.45, 2.75) is 39.0 Å². The van der Waals surface area contributed by atoms with E-state index in [0.29, 0.717) is 34.1 Å². The molecule has 1 saturated carbocycles. The van der Waals surface area contributed by atoms with Crippen molar-refractivity contribution in [3.8, 4) is 11.1 Å². The van der Waals surface area contributed by atoms with Crippen LogP contribution in [0.1, 0.15) is 30.9 Å². The van der Waals surface area contributed by atoms with Gasteiger partial charge in [-0.25, -0.2) is 0 Å². The van der Waals surface area contributed by atoms with E-state index in [0.717, 1.165) is 25.0 Å². The zero-order valence-electron chi connectivity index (χ0n) is 17.4. The summed E-state index contributed by atoms with van der Waals surface area (Å²) in [4.78, 5) is 29.6. The predicted octanol–water partition coefficient (Wildman–Crippen LogP) is 4.57. The van der Waals surface area contributed by atoms with Crippen molar-refractivity contribution in [1.82, 2.24) is 14.5 Å². The molecule has 0 spiro atoms. The zero-order chi connectivity index (χ0) is 23.0. The average Bonchev–Trinajstić information content (AvgIpc) is 3.54. The largest absolute Gasteiger partial charge is 0.480 e. The molecule has 1 N–H and O–H groups in total. The first-order chi connectivity index (χ1) is 15.2. The second-order valence-corrected chi connectivity index (χ2v) is 7.95. The van der Waals surface area contributed by atoms with E-state index in [-0.39, 0.29) is 24.9 Å². The Kier molecular flexibility index (Phi) is 5.66. The number of carbonyl (C=O) groups excluding carboxylic acids is 1. The molecule has 0 atom stereocenters. The van der Waals surface area contributed by atoms with Crippen LogP contribution in [0.15, 0.2) is 42.9 Å². The van der Waals surface area contributed by atoms with Crippen molar-refractivity contribution >= 4 is 22.8 Å². The lowest BCUT2D eigenvalue weighted by Crippen LogP contribution is -2.31. The molecule has 3 aromatic rings. The lowest BCUT2D eigenvalue weighted by Gasteiger charge is -2.23. The van der Waals surface area contributed by atoms with Crippen molar-refractivity contribution < 1.29 is 27.9 Å². The summed E-state index contributed by atoms with van der Waals surface area (Å²) in [6.07, 6.45) is 1.80. The molecule has 168 valence electrons. The first kappa shape index (κ1) is 21.9. The highest BCUT2D eigenvalue weighted by molar-refractivity contribution is 5.97. The van der Waals surface area contributed by atoms with Crippen LogP contribution in [0.4, 0.5) is 13.2 Å².